The Kier molecular flexibility index (Phi) is 2.50. The topological polar surface area (TPSA) is 40.9 Å². The Morgan fingerprint density at radius 1 is 1.25 bits per heavy atom. The van der Waals surface area contributed by atoms with Crippen LogP contribution in [0.5, 0.6) is 0 Å². The fourth-order valence-corrected chi connectivity index (χ4v) is 2.20. The van der Waals surface area contributed by atoms with Crippen molar-refractivity contribution in [2.45, 2.75) is 27.2 Å². The van der Waals surface area contributed by atoms with Crippen LogP contribution in [-0.2, 0) is 6.42 Å². The van der Waals surface area contributed by atoms with Crippen molar-refractivity contribution >= 4 is 17.1 Å². The third-order valence-electron chi connectivity index (χ3n) is 3.33. The van der Waals surface area contributed by atoms with Crippen LogP contribution < -0.4 is 0 Å². The van der Waals surface area contributed by atoms with Crippen LogP contribution in [0.15, 0.2) is 23.8 Å². The minimum Gasteiger partial charge on any atom is -0.305 e. The molecule has 0 atom stereocenters. The van der Waals surface area contributed by atoms with Crippen LogP contribution in [0.25, 0.3) is 5.57 Å². The molecular formula is C14H15NO. The summed E-state index contributed by atoms with van der Waals surface area (Å²) in [7, 11) is 0. The van der Waals surface area contributed by atoms with Gasteiger partial charge in [0.2, 0.25) is 0 Å². The number of Topliss-reactive ketones (excluding diaryl/α,β-unsaturated/α-hetero) is 1. The molecule has 0 unspecified atom stereocenters. The van der Waals surface area contributed by atoms with Crippen LogP contribution >= 0.6 is 0 Å². The van der Waals surface area contributed by atoms with Crippen molar-refractivity contribution < 1.29 is 4.79 Å². The molecule has 82 valence electrons. The van der Waals surface area contributed by atoms with Crippen molar-refractivity contribution in [3.05, 3.63) is 40.5 Å². The highest BCUT2D eigenvalue weighted by Gasteiger charge is 2.21. The van der Waals surface area contributed by atoms with Crippen molar-refractivity contribution in [3.8, 4) is 0 Å². The van der Waals surface area contributed by atoms with Gasteiger partial charge in [-0.2, -0.15) is 0 Å². The third kappa shape index (κ3) is 1.51. The van der Waals surface area contributed by atoms with Crippen LogP contribution in [0.2, 0.25) is 0 Å². The van der Waals surface area contributed by atoms with E-state index in [4.69, 9.17) is 5.41 Å². The molecule has 2 rings (SSSR count). The zero-order valence-electron chi connectivity index (χ0n) is 9.85. The minimum absolute atomic E-state index is 0.0806. The van der Waals surface area contributed by atoms with E-state index in [0.29, 0.717) is 12.1 Å². The first-order valence-electron chi connectivity index (χ1n) is 5.41. The van der Waals surface area contributed by atoms with Gasteiger partial charge in [-0.05, 0) is 43.0 Å². The Labute approximate surface area is 95.5 Å². The van der Waals surface area contributed by atoms with E-state index in [2.05, 4.69) is 0 Å². The lowest BCUT2D eigenvalue weighted by molar-refractivity contribution is 0.101. The maximum atomic E-state index is 11.5. The fourth-order valence-electron chi connectivity index (χ4n) is 2.20. The number of fused-ring (bicyclic) bond motifs is 1. The van der Waals surface area contributed by atoms with E-state index in [0.717, 1.165) is 27.8 Å². The molecule has 1 aliphatic carbocycles. The van der Waals surface area contributed by atoms with Crippen molar-refractivity contribution in [1.82, 2.24) is 0 Å². The molecule has 2 nitrogen and oxygen atoms in total. The van der Waals surface area contributed by atoms with Crippen LogP contribution in [0.3, 0.4) is 0 Å². The molecule has 0 bridgehead atoms. The largest absolute Gasteiger partial charge is 0.305 e. The van der Waals surface area contributed by atoms with Crippen molar-refractivity contribution in [1.29, 1.82) is 5.41 Å². The lowest BCUT2D eigenvalue weighted by Gasteiger charge is -2.22. The van der Waals surface area contributed by atoms with E-state index in [9.17, 15) is 4.79 Å². The van der Waals surface area contributed by atoms with Gasteiger partial charge in [0.1, 0.15) is 0 Å². The molecule has 0 saturated heterocycles. The Bertz CT molecular complexity index is 524. The molecule has 0 aliphatic heterocycles. The van der Waals surface area contributed by atoms with Crippen LogP contribution in [0.4, 0.5) is 0 Å². The van der Waals surface area contributed by atoms with E-state index < -0.39 is 0 Å². The summed E-state index contributed by atoms with van der Waals surface area (Å²) in [6.45, 7) is 5.58. The predicted molar refractivity (Wildman–Crippen MR) is 66.1 cm³/mol. The number of allylic oxidation sites excluding steroid dienone is 2. The highest BCUT2D eigenvalue weighted by Crippen LogP contribution is 2.31. The molecule has 0 spiro atoms. The molecule has 1 aliphatic rings. The number of carbonyl (C=O) groups is 1. The summed E-state index contributed by atoms with van der Waals surface area (Å²) in [6.07, 6.45) is 0.578. The summed E-state index contributed by atoms with van der Waals surface area (Å²) >= 11 is 0. The highest BCUT2D eigenvalue weighted by atomic mass is 16.1. The van der Waals surface area contributed by atoms with Crippen molar-refractivity contribution in [2.24, 2.45) is 0 Å². The number of nitrogens with one attached hydrogen (secondary N) is 1. The molecule has 1 N–H and O–H groups in total. The maximum Gasteiger partial charge on any atom is 0.160 e. The van der Waals surface area contributed by atoms with Gasteiger partial charge >= 0.3 is 0 Å². The molecule has 0 fully saturated rings. The van der Waals surface area contributed by atoms with Gasteiger partial charge in [-0.15, -0.1) is 0 Å². The summed E-state index contributed by atoms with van der Waals surface area (Å²) in [5.41, 5.74) is 5.68. The second-order valence-electron chi connectivity index (χ2n) is 4.29. The number of hydrogen-bond acceptors (Lipinski definition) is 2. The lowest BCUT2D eigenvalue weighted by atomic mass is 9.82. The molecule has 1 aromatic carbocycles. The van der Waals surface area contributed by atoms with Gasteiger partial charge in [-0.3, -0.25) is 4.79 Å². The average molecular weight is 213 g/mol. The molecule has 16 heavy (non-hydrogen) atoms. The van der Waals surface area contributed by atoms with Crippen LogP contribution in [0, 0.1) is 5.41 Å². The summed E-state index contributed by atoms with van der Waals surface area (Å²) in [5, 5.41) is 7.92. The van der Waals surface area contributed by atoms with E-state index in [1.54, 1.807) is 6.92 Å². The second kappa shape index (κ2) is 3.71. The van der Waals surface area contributed by atoms with E-state index in [-0.39, 0.29) is 5.78 Å². The van der Waals surface area contributed by atoms with E-state index in [1.165, 1.54) is 0 Å². The van der Waals surface area contributed by atoms with Gasteiger partial charge in [0.15, 0.2) is 5.78 Å². The number of ketones is 1. The van der Waals surface area contributed by atoms with E-state index in [1.807, 2.05) is 32.0 Å². The maximum absolute atomic E-state index is 11.5. The van der Waals surface area contributed by atoms with Crippen LogP contribution in [-0.4, -0.2) is 11.5 Å². The van der Waals surface area contributed by atoms with Gasteiger partial charge in [-0.25, -0.2) is 0 Å². The van der Waals surface area contributed by atoms with Gasteiger partial charge in [0.25, 0.3) is 0 Å². The summed E-state index contributed by atoms with van der Waals surface area (Å²) in [5.74, 6) is 0.0806. The van der Waals surface area contributed by atoms with E-state index >= 15 is 0 Å². The minimum atomic E-state index is 0.0806. The number of benzene rings is 1. The second-order valence-corrected chi connectivity index (χ2v) is 4.29. The van der Waals surface area contributed by atoms with Crippen LogP contribution in [0.1, 0.15) is 42.3 Å². The Morgan fingerprint density at radius 2 is 1.94 bits per heavy atom. The predicted octanol–water partition coefficient (Wildman–Crippen LogP) is 3.26. The molecule has 0 aromatic heterocycles. The molecule has 0 heterocycles. The fraction of sp³-hybridized carbons (Fsp3) is 0.286. The van der Waals surface area contributed by atoms with Gasteiger partial charge in [-0.1, -0.05) is 18.2 Å². The first-order valence-corrected chi connectivity index (χ1v) is 5.41. The zero-order chi connectivity index (χ0) is 11.9. The Hall–Kier alpha value is -1.70. The normalized spacial score (nSPS) is 15.1. The Balaban J connectivity index is 2.72. The third-order valence-corrected chi connectivity index (χ3v) is 3.33. The number of hydrogen-bond donors (Lipinski definition) is 1. The highest BCUT2D eigenvalue weighted by molar-refractivity contribution is 6.10. The SMILES string of the molecule is CC(=O)c1cccc2c1CC(=N)C(C)=C2C. The summed E-state index contributed by atoms with van der Waals surface area (Å²) in [6, 6.07) is 5.80. The average Bonchev–Trinajstić information content (AvgIpc) is 2.25. The molecule has 2 heteroatoms. The molecule has 0 amide bonds. The number of carbonyl (C=O) groups excluding carboxylic acids is 1. The van der Waals surface area contributed by atoms with Gasteiger partial charge < -0.3 is 5.41 Å². The Morgan fingerprint density at radius 3 is 2.56 bits per heavy atom. The smallest absolute Gasteiger partial charge is 0.160 e. The summed E-state index contributed by atoms with van der Waals surface area (Å²) in [4.78, 5) is 11.5. The molecule has 0 saturated carbocycles. The first-order chi connectivity index (χ1) is 7.52. The lowest BCUT2D eigenvalue weighted by Crippen LogP contribution is -2.15. The number of rotatable bonds is 1. The molecular weight excluding hydrogens is 198 g/mol. The monoisotopic (exact) mass is 213 g/mol. The van der Waals surface area contributed by atoms with Crippen molar-refractivity contribution in [3.63, 3.8) is 0 Å². The molecule has 1 aromatic rings. The van der Waals surface area contributed by atoms with Gasteiger partial charge in [0.05, 0.1) is 0 Å². The summed E-state index contributed by atoms with van der Waals surface area (Å²) < 4.78 is 0. The van der Waals surface area contributed by atoms with Crippen molar-refractivity contribution in [2.75, 3.05) is 0 Å². The first kappa shape index (κ1) is 10.8. The zero-order valence-corrected chi connectivity index (χ0v) is 9.85. The standard InChI is InChI=1S/C14H15NO/c1-8-9(2)14(15)7-13-11(8)5-4-6-12(13)10(3)16/h4-6,15H,7H2,1-3H3. The van der Waals surface area contributed by atoms with Gasteiger partial charge in [0, 0.05) is 17.7 Å². The molecule has 0 radical (unpaired) electrons. The quantitative estimate of drug-likeness (QED) is 0.715.